The van der Waals surface area contributed by atoms with E-state index in [0.29, 0.717) is 0 Å². The molecule has 2 aliphatic heterocycles. The van der Waals surface area contributed by atoms with Gasteiger partial charge < -0.3 is 22.6 Å². The van der Waals surface area contributed by atoms with E-state index in [2.05, 4.69) is 22.6 Å². The van der Waals surface area contributed by atoms with Gasteiger partial charge in [0.25, 0.3) is 0 Å². The van der Waals surface area contributed by atoms with Crippen molar-refractivity contribution in [3.05, 3.63) is 127 Å². The third-order valence-corrected chi connectivity index (χ3v) is 7.43. The highest BCUT2D eigenvalue weighted by Gasteiger charge is 2.74. The third-order valence-electron chi connectivity index (χ3n) is 7.43. The Kier molecular flexibility index (Phi) is 8.46. The van der Waals surface area contributed by atoms with Gasteiger partial charge in [0.15, 0.2) is 92.6 Å². The van der Waals surface area contributed by atoms with Gasteiger partial charge >= 0.3 is 25.4 Å². The molecule has 280 valence electrons. The predicted octanol–water partition coefficient (Wildman–Crippen LogP) is 6.29. The molecule has 2 atom stereocenters. The Morgan fingerprint density at radius 1 is 0.264 bits per heavy atom. The zero-order chi connectivity index (χ0) is 39.5. The monoisotopic (exact) mass is 794 g/mol. The Morgan fingerprint density at radius 3 is 0.679 bits per heavy atom. The molecule has 0 unspecified atom stereocenters. The van der Waals surface area contributed by atoms with Gasteiger partial charge in [-0.1, -0.05) is 0 Å². The number of benzene rings is 4. The zero-order valence-electron chi connectivity index (χ0n) is 23.8. The SMILES string of the molecule is Fc1c(F)c(F)c(C2=[O+][B@@-]3(c4c(F)c(F)c(F)c(F)c4F)OC(c4c(F)c(F)c(F)c(F)c4F)=[O+][B@@-](c4c(F)c(F)c(F)c(F)c4F)(O2)O3)c(F)c1F. The highest BCUT2D eigenvalue weighted by Crippen LogP contribution is 2.38. The lowest BCUT2D eigenvalue weighted by molar-refractivity contribution is -0.265. The first kappa shape index (κ1) is 37.3. The molecule has 0 radical (unpaired) electrons. The summed E-state index contributed by atoms with van der Waals surface area (Å²) in [5.41, 5.74) is -11.3. The van der Waals surface area contributed by atoms with Crippen LogP contribution in [0, 0.1) is 116 Å². The van der Waals surface area contributed by atoms with Gasteiger partial charge in [0.1, 0.15) is 23.3 Å². The fourth-order valence-electron chi connectivity index (χ4n) is 5.05. The number of halogens is 20. The molecule has 0 saturated heterocycles. The van der Waals surface area contributed by atoms with Gasteiger partial charge in [-0.3, -0.25) is 0 Å². The molecular formula is C26B2F20O5. The van der Waals surface area contributed by atoms with Crippen LogP contribution in [0.25, 0.3) is 0 Å². The molecule has 0 aliphatic carbocycles. The molecule has 0 N–H and O–H groups in total. The maximum atomic E-state index is 15.4. The van der Waals surface area contributed by atoms with Gasteiger partial charge in [-0.25, -0.2) is 87.8 Å². The van der Waals surface area contributed by atoms with Crippen molar-refractivity contribution in [1.29, 1.82) is 0 Å². The molecule has 0 saturated carbocycles. The van der Waals surface area contributed by atoms with Gasteiger partial charge in [-0.2, -0.15) is 0 Å². The molecular weight excluding hydrogens is 794 g/mol. The topological polar surface area (TPSA) is 50.3 Å². The van der Waals surface area contributed by atoms with Gasteiger partial charge in [-0.05, 0) is 0 Å². The molecule has 0 amide bonds. The van der Waals surface area contributed by atoms with Gasteiger partial charge in [-0.15, -0.1) is 0 Å². The van der Waals surface area contributed by atoms with Crippen molar-refractivity contribution in [3.63, 3.8) is 0 Å². The lowest BCUT2D eigenvalue weighted by Gasteiger charge is -2.43. The first-order valence-electron chi connectivity index (χ1n) is 13.1. The minimum Gasteiger partial charge on any atom is -0.558 e. The van der Waals surface area contributed by atoms with Crippen LogP contribution in [0.5, 0.6) is 0 Å². The van der Waals surface area contributed by atoms with E-state index in [9.17, 15) is 52.7 Å². The molecule has 0 spiro atoms. The van der Waals surface area contributed by atoms with Crippen LogP contribution in [0.4, 0.5) is 87.8 Å². The second kappa shape index (κ2) is 12.0. The summed E-state index contributed by atoms with van der Waals surface area (Å²) in [5.74, 6) is -68.5. The maximum absolute atomic E-state index is 15.4. The number of rotatable bonds is 4. The summed E-state index contributed by atoms with van der Waals surface area (Å²) >= 11 is 0. The van der Waals surface area contributed by atoms with E-state index >= 15 is 35.1 Å². The summed E-state index contributed by atoms with van der Waals surface area (Å²) < 4.78 is 315. The van der Waals surface area contributed by atoms with Crippen LogP contribution in [-0.2, 0) is 13.9 Å². The number of hydrogen-bond donors (Lipinski definition) is 0. The van der Waals surface area contributed by atoms with Crippen LogP contribution in [0.2, 0.25) is 0 Å². The largest absolute Gasteiger partial charge is 0.755 e. The van der Waals surface area contributed by atoms with E-state index in [4.69, 9.17) is 0 Å². The zero-order valence-corrected chi connectivity index (χ0v) is 23.8. The van der Waals surface area contributed by atoms with Crippen LogP contribution in [-0.4, -0.2) is 25.4 Å². The van der Waals surface area contributed by atoms with Crippen molar-refractivity contribution in [3.8, 4) is 0 Å². The van der Waals surface area contributed by atoms with Crippen molar-refractivity contribution in [2.45, 2.75) is 0 Å². The fourth-order valence-corrected chi connectivity index (χ4v) is 5.05. The summed E-state index contributed by atoms with van der Waals surface area (Å²) in [7, 11) is 0. The fraction of sp³-hybridized carbons (Fsp3) is 0. The highest BCUT2D eigenvalue weighted by atomic mass is 19.2. The molecule has 0 fully saturated rings. The molecule has 4 aromatic rings. The molecule has 4 aromatic carbocycles. The van der Waals surface area contributed by atoms with Crippen LogP contribution in [0.1, 0.15) is 19.8 Å². The summed E-state index contributed by atoms with van der Waals surface area (Å²) in [6.45, 7) is -12.4. The third kappa shape index (κ3) is 4.94. The summed E-state index contributed by atoms with van der Waals surface area (Å²) in [5, 5.41) is 0. The van der Waals surface area contributed by atoms with E-state index in [-0.39, 0.29) is 0 Å². The van der Waals surface area contributed by atoms with Crippen molar-refractivity contribution in [2.75, 3.05) is 0 Å². The van der Waals surface area contributed by atoms with Crippen LogP contribution in [0.3, 0.4) is 0 Å². The Bertz CT molecular complexity index is 2140. The molecule has 53 heavy (non-hydrogen) atoms. The quantitative estimate of drug-likeness (QED) is 0.0804. The second-order valence-corrected chi connectivity index (χ2v) is 10.3. The average molecular weight is 794 g/mol. The molecule has 5 nitrogen and oxygen atoms in total. The summed E-state index contributed by atoms with van der Waals surface area (Å²) in [6, 6.07) is 0. The smallest absolute Gasteiger partial charge is 0.558 e. The number of carbonyl (C=O) groups excluding carboxylic acids is 2. The molecule has 2 aliphatic rings. The summed E-state index contributed by atoms with van der Waals surface area (Å²) in [6.07, 6.45) is 0. The van der Waals surface area contributed by atoms with E-state index in [1.165, 1.54) is 0 Å². The van der Waals surface area contributed by atoms with Gasteiger partial charge in [0, 0.05) is 0 Å². The van der Waals surface area contributed by atoms with Crippen LogP contribution >= 0.6 is 0 Å². The van der Waals surface area contributed by atoms with E-state index in [1.807, 2.05) is 0 Å². The Morgan fingerprint density at radius 2 is 0.453 bits per heavy atom. The van der Waals surface area contributed by atoms with E-state index in [1.54, 1.807) is 0 Å². The maximum Gasteiger partial charge on any atom is 0.755 e. The molecule has 2 bridgehead atoms. The Balaban J connectivity index is 1.88. The van der Waals surface area contributed by atoms with Crippen LogP contribution < -0.4 is 10.9 Å². The lowest BCUT2D eigenvalue weighted by Crippen LogP contribution is -2.75. The summed E-state index contributed by atoms with van der Waals surface area (Å²) in [4.78, 5) is 0. The number of hydrogen-bond acceptors (Lipinski definition) is 3. The molecule has 2 heterocycles. The minimum atomic E-state index is -6.18. The van der Waals surface area contributed by atoms with Crippen molar-refractivity contribution in [1.82, 2.24) is 0 Å². The first-order chi connectivity index (χ1) is 24.5. The molecule has 27 heteroatoms. The molecule has 6 rings (SSSR count). The second-order valence-electron chi connectivity index (χ2n) is 10.3. The van der Waals surface area contributed by atoms with E-state index in [0.717, 1.165) is 0 Å². The van der Waals surface area contributed by atoms with Crippen molar-refractivity contribution < 1.29 is 110 Å². The van der Waals surface area contributed by atoms with E-state index < -0.39 is 164 Å². The predicted molar refractivity (Wildman–Crippen MR) is 128 cm³/mol. The Hall–Kier alpha value is -5.49. The van der Waals surface area contributed by atoms with Gasteiger partial charge in [0.2, 0.25) is 11.6 Å². The Labute approximate surface area is 274 Å². The normalized spacial score (nSPS) is 19.5. The lowest BCUT2D eigenvalue weighted by atomic mass is 9.58. The standard InChI is InChI=1S/C26B2F20O5/c29-5-1(6(30)14(38)21(45)13(5)37)25-49-27(3-9(33)17(41)23(47)18(42)10(3)34)51-26(2-7(31)15(39)22(46)16(40)8(2)32)52-28(50-25,53-27)4-11(35)19(43)24(48)20(44)12(4)36/t27-,28+. The van der Waals surface area contributed by atoms with Crippen molar-refractivity contribution >= 4 is 36.4 Å². The van der Waals surface area contributed by atoms with Gasteiger partial charge in [0.05, 0.1) is 10.9 Å². The first-order valence-corrected chi connectivity index (χ1v) is 13.1. The number of fused-ring (bicyclic) bond motifs is 2. The van der Waals surface area contributed by atoms with Crippen LogP contribution in [0.15, 0.2) is 0 Å². The average Bonchev–Trinajstić information content (AvgIpc) is 3.11. The highest BCUT2D eigenvalue weighted by molar-refractivity contribution is 6.90. The molecule has 0 aromatic heterocycles. The van der Waals surface area contributed by atoms with Crippen molar-refractivity contribution in [2.24, 2.45) is 0 Å². The minimum absolute atomic E-state index is 2.73.